The van der Waals surface area contributed by atoms with Crippen LogP contribution in [0.5, 0.6) is 0 Å². The van der Waals surface area contributed by atoms with Crippen molar-refractivity contribution in [1.29, 1.82) is 0 Å². The molecule has 2 aromatic heterocycles. The molecule has 0 aromatic carbocycles. The molecule has 0 saturated carbocycles. The maximum absolute atomic E-state index is 5.50. The van der Waals surface area contributed by atoms with Gasteiger partial charge in [-0.05, 0) is 11.4 Å². The van der Waals surface area contributed by atoms with Crippen molar-refractivity contribution in [3.05, 3.63) is 29.2 Å². The molecular weight excluding hydrogens is 158 g/mol. The van der Waals surface area contributed by atoms with E-state index in [0.717, 1.165) is 5.69 Å². The van der Waals surface area contributed by atoms with E-state index in [4.69, 9.17) is 5.73 Å². The minimum Gasteiger partial charge on any atom is -0.396 e. The molecule has 0 unspecified atom stereocenters. The van der Waals surface area contributed by atoms with Crippen molar-refractivity contribution in [3.8, 4) is 5.69 Å². The third-order valence-corrected chi connectivity index (χ3v) is 2.04. The Labute approximate surface area is 68.1 Å². The second-order valence-electron chi connectivity index (χ2n) is 2.20. The molecular formula is C7H7N3S. The lowest BCUT2D eigenvalue weighted by atomic mass is 10.5. The lowest BCUT2D eigenvalue weighted by molar-refractivity contribution is 0.885. The van der Waals surface area contributed by atoms with Gasteiger partial charge in [-0.3, -0.25) is 0 Å². The van der Waals surface area contributed by atoms with Crippen LogP contribution in [0.4, 0.5) is 5.69 Å². The van der Waals surface area contributed by atoms with E-state index in [0.29, 0.717) is 5.69 Å². The van der Waals surface area contributed by atoms with Gasteiger partial charge in [0.25, 0.3) is 0 Å². The molecule has 0 amide bonds. The van der Waals surface area contributed by atoms with Crippen LogP contribution < -0.4 is 5.73 Å². The van der Waals surface area contributed by atoms with E-state index >= 15 is 0 Å². The first-order valence-corrected chi connectivity index (χ1v) is 4.13. The Morgan fingerprint density at radius 2 is 2.45 bits per heavy atom. The number of hydrogen-bond acceptors (Lipinski definition) is 3. The van der Waals surface area contributed by atoms with E-state index in [1.54, 1.807) is 28.4 Å². The number of hydrogen-bond donors (Lipinski definition) is 1. The van der Waals surface area contributed by atoms with Crippen molar-refractivity contribution in [1.82, 2.24) is 9.78 Å². The van der Waals surface area contributed by atoms with Gasteiger partial charge >= 0.3 is 0 Å². The molecule has 0 fully saturated rings. The summed E-state index contributed by atoms with van der Waals surface area (Å²) in [5, 5.41) is 8.08. The Morgan fingerprint density at radius 3 is 3.00 bits per heavy atom. The maximum Gasteiger partial charge on any atom is 0.0753 e. The zero-order valence-corrected chi connectivity index (χ0v) is 6.58. The fraction of sp³-hybridized carbons (Fsp3) is 0. The number of nitrogens with two attached hydrogens (primary N) is 1. The van der Waals surface area contributed by atoms with Crippen molar-refractivity contribution in [2.45, 2.75) is 0 Å². The van der Waals surface area contributed by atoms with Crippen LogP contribution in [0, 0.1) is 0 Å². The van der Waals surface area contributed by atoms with E-state index in [9.17, 15) is 0 Å². The first-order chi connectivity index (χ1) is 5.36. The van der Waals surface area contributed by atoms with E-state index in [-0.39, 0.29) is 0 Å². The standard InChI is InChI=1S/C7H7N3S/c8-6-3-9-10(4-6)7-1-2-11-5-7/h1-5H,8H2. The summed E-state index contributed by atoms with van der Waals surface area (Å²) in [5.41, 5.74) is 7.26. The Morgan fingerprint density at radius 1 is 1.55 bits per heavy atom. The fourth-order valence-electron chi connectivity index (χ4n) is 0.866. The van der Waals surface area contributed by atoms with Crippen LogP contribution in [0.1, 0.15) is 0 Å². The van der Waals surface area contributed by atoms with Crippen LogP contribution >= 0.6 is 11.3 Å². The number of anilines is 1. The number of nitrogen functional groups attached to an aromatic ring is 1. The molecule has 0 aliphatic carbocycles. The number of thiophene rings is 1. The predicted octanol–water partition coefficient (Wildman–Crippen LogP) is 1.52. The lowest BCUT2D eigenvalue weighted by Crippen LogP contribution is -1.90. The molecule has 4 heteroatoms. The predicted molar refractivity (Wildman–Crippen MR) is 45.9 cm³/mol. The fourth-order valence-corrected chi connectivity index (χ4v) is 1.49. The molecule has 2 heterocycles. The van der Waals surface area contributed by atoms with Gasteiger partial charge in [-0.25, -0.2) is 4.68 Å². The zero-order chi connectivity index (χ0) is 7.68. The van der Waals surface area contributed by atoms with Gasteiger partial charge in [0.15, 0.2) is 0 Å². The minimum atomic E-state index is 0.691. The monoisotopic (exact) mass is 165 g/mol. The summed E-state index contributed by atoms with van der Waals surface area (Å²) in [6.45, 7) is 0. The Balaban J connectivity index is 2.45. The van der Waals surface area contributed by atoms with Gasteiger partial charge in [0, 0.05) is 5.38 Å². The Kier molecular flexibility index (Phi) is 1.40. The summed E-state index contributed by atoms with van der Waals surface area (Å²) in [6, 6.07) is 2.00. The SMILES string of the molecule is Nc1cnn(-c2ccsc2)c1. The topological polar surface area (TPSA) is 43.8 Å². The van der Waals surface area contributed by atoms with Gasteiger partial charge < -0.3 is 5.73 Å². The molecule has 0 aliphatic heterocycles. The van der Waals surface area contributed by atoms with E-state index in [2.05, 4.69) is 5.10 Å². The summed E-state index contributed by atoms with van der Waals surface area (Å²) < 4.78 is 1.76. The summed E-state index contributed by atoms with van der Waals surface area (Å²) in [4.78, 5) is 0. The number of nitrogens with zero attached hydrogens (tertiary/aromatic N) is 2. The highest BCUT2D eigenvalue weighted by molar-refractivity contribution is 7.08. The van der Waals surface area contributed by atoms with Crippen molar-refractivity contribution >= 4 is 17.0 Å². The van der Waals surface area contributed by atoms with E-state index in [1.807, 2.05) is 16.8 Å². The average Bonchev–Trinajstić information content (AvgIpc) is 2.55. The van der Waals surface area contributed by atoms with Gasteiger partial charge in [-0.2, -0.15) is 16.4 Å². The Hall–Kier alpha value is -1.29. The molecule has 0 spiro atoms. The summed E-state index contributed by atoms with van der Waals surface area (Å²) in [5.74, 6) is 0. The van der Waals surface area contributed by atoms with Crippen molar-refractivity contribution in [2.24, 2.45) is 0 Å². The van der Waals surface area contributed by atoms with Crippen LogP contribution in [0.15, 0.2) is 29.2 Å². The summed E-state index contributed by atoms with van der Waals surface area (Å²) in [6.07, 6.45) is 3.43. The molecule has 2 aromatic rings. The van der Waals surface area contributed by atoms with Crippen molar-refractivity contribution in [2.75, 3.05) is 5.73 Å². The summed E-state index contributed by atoms with van der Waals surface area (Å²) in [7, 11) is 0. The molecule has 0 bridgehead atoms. The highest BCUT2D eigenvalue weighted by atomic mass is 32.1. The van der Waals surface area contributed by atoms with Gasteiger partial charge in [-0.1, -0.05) is 0 Å². The molecule has 2 N–H and O–H groups in total. The maximum atomic E-state index is 5.50. The van der Waals surface area contributed by atoms with Crippen LogP contribution in [0.3, 0.4) is 0 Å². The molecule has 0 saturated heterocycles. The molecule has 0 atom stereocenters. The van der Waals surface area contributed by atoms with Crippen molar-refractivity contribution in [3.63, 3.8) is 0 Å². The van der Waals surface area contributed by atoms with Gasteiger partial charge in [0.1, 0.15) is 0 Å². The third kappa shape index (κ3) is 1.12. The number of rotatable bonds is 1. The van der Waals surface area contributed by atoms with Crippen molar-refractivity contribution < 1.29 is 0 Å². The van der Waals surface area contributed by atoms with Gasteiger partial charge in [0.2, 0.25) is 0 Å². The van der Waals surface area contributed by atoms with E-state index in [1.165, 1.54) is 0 Å². The second-order valence-corrected chi connectivity index (χ2v) is 2.98. The number of aromatic nitrogens is 2. The largest absolute Gasteiger partial charge is 0.396 e. The van der Waals surface area contributed by atoms with Crippen LogP contribution in [0.25, 0.3) is 5.69 Å². The van der Waals surface area contributed by atoms with Gasteiger partial charge in [-0.15, -0.1) is 0 Å². The average molecular weight is 165 g/mol. The second kappa shape index (κ2) is 2.39. The molecule has 0 aliphatic rings. The summed E-state index contributed by atoms with van der Waals surface area (Å²) >= 11 is 1.64. The zero-order valence-electron chi connectivity index (χ0n) is 5.77. The molecule has 0 radical (unpaired) electrons. The molecule has 11 heavy (non-hydrogen) atoms. The minimum absolute atomic E-state index is 0.691. The van der Waals surface area contributed by atoms with Gasteiger partial charge in [0.05, 0.1) is 23.8 Å². The normalized spacial score (nSPS) is 10.2. The Bertz CT molecular complexity index is 336. The van der Waals surface area contributed by atoms with E-state index < -0.39 is 0 Å². The first-order valence-electron chi connectivity index (χ1n) is 3.19. The molecule has 2 rings (SSSR count). The highest BCUT2D eigenvalue weighted by Crippen LogP contribution is 2.12. The smallest absolute Gasteiger partial charge is 0.0753 e. The third-order valence-electron chi connectivity index (χ3n) is 1.37. The van der Waals surface area contributed by atoms with Crippen LogP contribution in [-0.2, 0) is 0 Å². The van der Waals surface area contributed by atoms with Crippen LogP contribution in [-0.4, -0.2) is 9.78 Å². The van der Waals surface area contributed by atoms with Crippen LogP contribution in [0.2, 0.25) is 0 Å². The lowest BCUT2D eigenvalue weighted by Gasteiger charge is -1.92. The molecule has 56 valence electrons. The molecule has 3 nitrogen and oxygen atoms in total. The highest BCUT2D eigenvalue weighted by Gasteiger charge is 1.96. The first kappa shape index (κ1) is 6.42. The quantitative estimate of drug-likeness (QED) is 0.696.